The van der Waals surface area contributed by atoms with Gasteiger partial charge in [-0.3, -0.25) is 14.5 Å². The van der Waals surface area contributed by atoms with Crippen molar-refractivity contribution in [3.05, 3.63) is 12.7 Å². The highest BCUT2D eigenvalue weighted by molar-refractivity contribution is 5.82. The molecule has 92 valence electrons. The molecule has 0 aromatic carbocycles. The van der Waals surface area contributed by atoms with E-state index in [1.807, 2.05) is 6.92 Å². The second-order valence-corrected chi connectivity index (χ2v) is 3.35. The van der Waals surface area contributed by atoms with E-state index in [9.17, 15) is 9.59 Å². The minimum atomic E-state index is -0.357. The Hall–Kier alpha value is -1.36. The number of carbonyl (C=O) groups excluding carboxylic acids is 2. The molecule has 16 heavy (non-hydrogen) atoms. The second kappa shape index (κ2) is 7.87. The van der Waals surface area contributed by atoms with Crippen LogP contribution < -0.4 is 5.32 Å². The van der Waals surface area contributed by atoms with Crippen LogP contribution in [-0.4, -0.2) is 49.6 Å². The van der Waals surface area contributed by atoms with E-state index in [2.05, 4.69) is 16.6 Å². The zero-order valence-corrected chi connectivity index (χ0v) is 10.2. The van der Waals surface area contributed by atoms with Crippen LogP contribution in [0.2, 0.25) is 0 Å². The van der Waals surface area contributed by atoms with Crippen LogP contribution >= 0.6 is 0 Å². The molecule has 0 spiro atoms. The van der Waals surface area contributed by atoms with Crippen LogP contribution in [0.4, 0.5) is 0 Å². The van der Waals surface area contributed by atoms with Crippen LogP contribution in [0.5, 0.6) is 0 Å². The molecule has 0 saturated heterocycles. The van der Waals surface area contributed by atoms with E-state index in [4.69, 9.17) is 0 Å². The molecule has 5 heteroatoms. The molecule has 0 fully saturated rings. The third-order valence-electron chi connectivity index (χ3n) is 2.31. The number of methoxy groups -OCH3 is 1. The first-order valence-electron chi connectivity index (χ1n) is 5.26. The van der Waals surface area contributed by atoms with Crippen molar-refractivity contribution in [1.29, 1.82) is 0 Å². The van der Waals surface area contributed by atoms with E-state index in [-0.39, 0.29) is 24.5 Å². The third kappa shape index (κ3) is 4.93. The van der Waals surface area contributed by atoms with E-state index in [0.717, 1.165) is 0 Å². The number of hydrogen-bond acceptors (Lipinski definition) is 4. The molecule has 1 atom stereocenters. The quantitative estimate of drug-likeness (QED) is 0.498. The van der Waals surface area contributed by atoms with Gasteiger partial charge in [-0.25, -0.2) is 0 Å². The van der Waals surface area contributed by atoms with E-state index in [1.165, 1.54) is 7.11 Å². The summed E-state index contributed by atoms with van der Waals surface area (Å²) in [5.41, 5.74) is 0. The lowest BCUT2D eigenvalue weighted by atomic mass is 10.2. The van der Waals surface area contributed by atoms with Gasteiger partial charge in [0.15, 0.2) is 0 Å². The highest BCUT2D eigenvalue weighted by atomic mass is 16.5. The van der Waals surface area contributed by atoms with Crippen LogP contribution in [0.3, 0.4) is 0 Å². The molecule has 0 rings (SSSR count). The first kappa shape index (κ1) is 14.6. The van der Waals surface area contributed by atoms with Crippen molar-refractivity contribution >= 4 is 11.9 Å². The molecule has 0 aromatic heterocycles. The van der Waals surface area contributed by atoms with Crippen LogP contribution in [0.25, 0.3) is 0 Å². The van der Waals surface area contributed by atoms with Gasteiger partial charge in [-0.15, -0.1) is 6.58 Å². The smallest absolute Gasteiger partial charge is 0.319 e. The maximum absolute atomic E-state index is 11.6. The van der Waals surface area contributed by atoms with Gasteiger partial charge in [-0.2, -0.15) is 0 Å². The number of esters is 1. The van der Waals surface area contributed by atoms with Gasteiger partial charge in [0, 0.05) is 6.54 Å². The van der Waals surface area contributed by atoms with Crippen molar-refractivity contribution in [3.63, 3.8) is 0 Å². The number of likely N-dealkylation sites (N-methyl/N-ethyl adjacent to an activating group) is 1. The Balaban J connectivity index is 4.28. The fourth-order valence-electron chi connectivity index (χ4n) is 1.24. The van der Waals surface area contributed by atoms with Gasteiger partial charge in [0.05, 0.1) is 19.7 Å². The summed E-state index contributed by atoms with van der Waals surface area (Å²) in [5.74, 6) is -0.462. The van der Waals surface area contributed by atoms with Crippen LogP contribution in [0.1, 0.15) is 13.8 Å². The summed E-state index contributed by atoms with van der Waals surface area (Å²) in [7, 11) is 1.33. The molecule has 0 bridgehead atoms. The molecular weight excluding hydrogens is 208 g/mol. The van der Waals surface area contributed by atoms with Crippen LogP contribution in [0.15, 0.2) is 12.7 Å². The van der Waals surface area contributed by atoms with E-state index >= 15 is 0 Å². The van der Waals surface area contributed by atoms with Gasteiger partial charge in [0.25, 0.3) is 0 Å². The Kier molecular flexibility index (Phi) is 7.20. The van der Waals surface area contributed by atoms with Gasteiger partial charge in [-0.1, -0.05) is 13.0 Å². The lowest BCUT2D eigenvalue weighted by Gasteiger charge is -2.25. The Bertz CT molecular complexity index is 254. The maximum Gasteiger partial charge on any atom is 0.319 e. The van der Waals surface area contributed by atoms with E-state index < -0.39 is 0 Å². The zero-order valence-electron chi connectivity index (χ0n) is 10.2. The molecule has 0 saturated carbocycles. The van der Waals surface area contributed by atoms with Crippen LogP contribution in [-0.2, 0) is 14.3 Å². The maximum atomic E-state index is 11.6. The Labute approximate surface area is 96.4 Å². The molecule has 0 aliphatic heterocycles. The minimum Gasteiger partial charge on any atom is -0.468 e. The summed E-state index contributed by atoms with van der Waals surface area (Å²) in [6.45, 7) is 8.32. The lowest BCUT2D eigenvalue weighted by molar-refractivity contribution is -0.143. The Morgan fingerprint density at radius 3 is 2.62 bits per heavy atom. The fourth-order valence-corrected chi connectivity index (χ4v) is 1.24. The second-order valence-electron chi connectivity index (χ2n) is 3.35. The lowest BCUT2D eigenvalue weighted by Crippen LogP contribution is -2.47. The van der Waals surface area contributed by atoms with Crippen molar-refractivity contribution in [1.82, 2.24) is 10.2 Å². The summed E-state index contributed by atoms with van der Waals surface area (Å²) in [4.78, 5) is 24.5. The molecule has 1 unspecified atom stereocenters. The SMILES string of the molecule is C=CCNC(=O)C(C)N(CC)CC(=O)OC. The highest BCUT2D eigenvalue weighted by Crippen LogP contribution is 1.99. The van der Waals surface area contributed by atoms with Gasteiger partial charge in [0.2, 0.25) is 5.91 Å². The molecule has 0 heterocycles. The average Bonchev–Trinajstić information content (AvgIpc) is 2.31. The number of carbonyl (C=O) groups is 2. The molecule has 0 aromatic rings. The molecule has 5 nitrogen and oxygen atoms in total. The molecule has 1 amide bonds. The number of ether oxygens (including phenoxy) is 1. The predicted octanol–water partition coefficient (Wildman–Crippen LogP) is 0.172. The van der Waals surface area contributed by atoms with Gasteiger partial charge in [0.1, 0.15) is 0 Å². The summed E-state index contributed by atoms with van der Waals surface area (Å²) in [5, 5.41) is 2.69. The predicted molar refractivity (Wildman–Crippen MR) is 61.9 cm³/mol. The Morgan fingerprint density at radius 1 is 1.56 bits per heavy atom. The van der Waals surface area contributed by atoms with Crippen molar-refractivity contribution < 1.29 is 14.3 Å². The third-order valence-corrected chi connectivity index (χ3v) is 2.31. The fraction of sp³-hybridized carbons (Fsp3) is 0.636. The van der Waals surface area contributed by atoms with Gasteiger partial charge in [-0.05, 0) is 13.5 Å². The standard InChI is InChI=1S/C11H20N2O3/c1-5-7-12-11(15)9(3)13(6-2)8-10(14)16-4/h5,9H,1,6-8H2,2-4H3,(H,12,15). The van der Waals surface area contributed by atoms with Crippen molar-refractivity contribution in [3.8, 4) is 0 Å². The molecule has 0 aliphatic rings. The molecule has 0 aliphatic carbocycles. The zero-order chi connectivity index (χ0) is 12.6. The normalized spacial score (nSPS) is 12.0. The molecular formula is C11H20N2O3. The minimum absolute atomic E-state index is 0.120. The first-order chi connectivity index (χ1) is 7.56. The van der Waals surface area contributed by atoms with Gasteiger partial charge >= 0.3 is 5.97 Å². The Morgan fingerprint density at radius 2 is 2.19 bits per heavy atom. The number of nitrogens with zero attached hydrogens (tertiary/aromatic N) is 1. The summed E-state index contributed by atoms with van der Waals surface area (Å²) in [6.07, 6.45) is 1.61. The largest absolute Gasteiger partial charge is 0.468 e. The van der Waals surface area contributed by atoms with Crippen LogP contribution in [0, 0.1) is 0 Å². The number of hydrogen-bond donors (Lipinski definition) is 1. The van der Waals surface area contributed by atoms with Gasteiger partial charge < -0.3 is 10.1 Å². The van der Waals surface area contributed by atoms with Crippen molar-refractivity contribution in [2.24, 2.45) is 0 Å². The number of nitrogens with one attached hydrogen (secondary N) is 1. The summed E-state index contributed by atoms with van der Waals surface area (Å²) >= 11 is 0. The summed E-state index contributed by atoms with van der Waals surface area (Å²) in [6, 6.07) is -0.357. The molecule has 1 N–H and O–H groups in total. The van der Waals surface area contributed by atoms with Crippen molar-refractivity contribution in [2.45, 2.75) is 19.9 Å². The average molecular weight is 228 g/mol. The monoisotopic (exact) mass is 228 g/mol. The molecule has 0 radical (unpaired) electrons. The topological polar surface area (TPSA) is 58.6 Å². The number of amides is 1. The van der Waals surface area contributed by atoms with E-state index in [0.29, 0.717) is 13.1 Å². The number of rotatable bonds is 7. The highest BCUT2D eigenvalue weighted by Gasteiger charge is 2.21. The van der Waals surface area contributed by atoms with E-state index in [1.54, 1.807) is 17.9 Å². The van der Waals surface area contributed by atoms with Crippen molar-refractivity contribution in [2.75, 3.05) is 26.7 Å². The summed E-state index contributed by atoms with van der Waals surface area (Å²) < 4.78 is 4.57. The first-order valence-corrected chi connectivity index (χ1v) is 5.26.